The maximum absolute atomic E-state index is 12.4. The lowest BCUT2D eigenvalue weighted by atomic mass is 9.70. The average molecular weight is 411 g/mol. The van der Waals surface area contributed by atoms with Crippen LogP contribution in [0, 0.1) is 27.4 Å². The highest BCUT2D eigenvalue weighted by molar-refractivity contribution is 6.34. The molecule has 0 spiro atoms. The second-order valence-corrected chi connectivity index (χ2v) is 8.81. The first-order valence-electron chi connectivity index (χ1n) is 9.44. The molecule has 0 bridgehead atoms. The van der Waals surface area contributed by atoms with E-state index in [1.807, 2.05) is 0 Å². The highest BCUT2D eigenvalue weighted by Crippen LogP contribution is 2.40. The van der Waals surface area contributed by atoms with Crippen molar-refractivity contribution in [2.45, 2.75) is 59.5 Å². The van der Waals surface area contributed by atoms with Crippen LogP contribution in [0.1, 0.15) is 53.4 Å². The summed E-state index contributed by atoms with van der Waals surface area (Å²) in [6.07, 6.45) is 2.50. The number of nitrogens with one attached hydrogen (secondary N) is 1. The molecule has 1 aliphatic carbocycles. The van der Waals surface area contributed by atoms with Crippen molar-refractivity contribution in [3.8, 4) is 0 Å². The summed E-state index contributed by atoms with van der Waals surface area (Å²) in [5.41, 5.74) is 0.283. The molecule has 0 saturated heterocycles. The first-order chi connectivity index (χ1) is 13.0. The molecule has 28 heavy (non-hydrogen) atoms. The van der Waals surface area contributed by atoms with Crippen molar-refractivity contribution in [1.29, 1.82) is 0 Å². The number of ether oxygens (including phenoxy) is 1. The smallest absolute Gasteiger partial charge is 0.309 e. The van der Waals surface area contributed by atoms with E-state index in [0.717, 1.165) is 31.7 Å². The van der Waals surface area contributed by atoms with Crippen LogP contribution < -0.4 is 5.32 Å². The zero-order chi connectivity index (χ0) is 21.1. The van der Waals surface area contributed by atoms with E-state index in [2.05, 4.69) is 26.1 Å². The molecule has 2 rings (SSSR count). The third-order valence-electron chi connectivity index (χ3n) is 5.37. The fraction of sp³-hybridized carbons (Fsp3) is 0.600. The second kappa shape index (κ2) is 8.90. The zero-order valence-electron chi connectivity index (χ0n) is 16.7. The van der Waals surface area contributed by atoms with Crippen LogP contribution in [0.2, 0.25) is 5.02 Å². The quantitative estimate of drug-likeness (QED) is 0.419. The third kappa shape index (κ3) is 5.67. The summed E-state index contributed by atoms with van der Waals surface area (Å²) in [7, 11) is 0. The fourth-order valence-electron chi connectivity index (χ4n) is 3.47. The number of carbonyl (C=O) groups is 2. The van der Waals surface area contributed by atoms with Crippen molar-refractivity contribution < 1.29 is 19.2 Å². The van der Waals surface area contributed by atoms with Gasteiger partial charge in [-0.25, -0.2) is 0 Å². The molecule has 8 heteroatoms. The topological polar surface area (TPSA) is 98.5 Å². The fourth-order valence-corrected chi connectivity index (χ4v) is 3.69. The highest BCUT2D eigenvalue weighted by atomic mass is 35.5. The van der Waals surface area contributed by atoms with Crippen molar-refractivity contribution in [1.82, 2.24) is 0 Å². The van der Waals surface area contributed by atoms with Gasteiger partial charge < -0.3 is 10.1 Å². The number of carbonyl (C=O) groups excluding carboxylic acids is 2. The molecule has 1 amide bonds. The summed E-state index contributed by atoms with van der Waals surface area (Å²) >= 11 is 5.97. The Balaban J connectivity index is 1.89. The van der Waals surface area contributed by atoms with Crippen LogP contribution >= 0.6 is 11.6 Å². The Morgan fingerprint density at radius 1 is 1.25 bits per heavy atom. The number of esters is 1. The van der Waals surface area contributed by atoms with Gasteiger partial charge in [0.2, 0.25) is 0 Å². The van der Waals surface area contributed by atoms with Crippen LogP contribution in [0.15, 0.2) is 18.2 Å². The zero-order valence-corrected chi connectivity index (χ0v) is 17.4. The van der Waals surface area contributed by atoms with E-state index in [9.17, 15) is 19.7 Å². The van der Waals surface area contributed by atoms with E-state index in [0.29, 0.717) is 5.92 Å². The molecule has 0 radical (unpaired) electrons. The molecule has 1 aromatic carbocycles. The Kier molecular flexibility index (Phi) is 7.04. The number of halogens is 1. The van der Waals surface area contributed by atoms with Crippen molar-refractivity contribution in [2.24, 2.45) is 17.3 Å². The lowest BCUT2D eigenvalue weighted by molar-refractivity contribution is -0.384. The number of hydrogen-bond acceptors (Lipinski definition) is 5. The molecule has 154 valence electrons. The maximum Gasteiger partial charge on any atom is 0.309 e. The van der Waals surface area contributed by atoms with Crippen LogP contribution in [0.4, 0.5) is 11.4 Å². The summed E-state index contributed by atoms with van der Waals surface area (Å²) < 4.78 is 5.34. The highest BCUT2D eigenvalue weighted by Gasteiger charge is 2.34. The lowest BCUT2D eigenvalue weighted by Crippen LogP contribution is -2.34. The van der Waals surface area contributed by atoms with Crippen molar-refractivity contribution in [3.63, 3.8) is 0 Å². The van der Waals surface area contributed by atoms with E-state index < -0.39 is 16.9 Å². The van der Waals surface area contributed by atoms with Gasteiger partial charge in [-0.15, -0.1) is 0 Å². The van der Waals surface area contributed by atoms with Gasteiger partial charge in [0.25, 0.3) is 11.6 Å². The molecule has 1 N–H and O–H groups in total. The summed E-state index contributed by atoms with van der Waals surface area (Å²) in [5.74, 6) is -0.490. The lowest BCUT2D eigenvalue weighted by Gasteiger charge is -2.36. The van der Waals surface area contributed by atoms with Crippen LogP contribution in [0.25, 0.3) is 0 Å². The van der Waals surface area contributed by atoms with Gasteiger partial charge in [-0.05, 0) is 50.0 Å². The Morgan fingerprint density at radius 3 is 2.36 bits per heavy atom. The summed E-state index contributed by atoms with van der Waals surface area (Å²) in [4.78, 5) is 34.9. The van der Waals surface area contributed by atoms with E-state index >= 15 is 0 Å². The van der Waals surface area contributed by atoms with Crippen LogP contribution in [-0.4, -0.2) is 22.9 Å². The first kappa shape index (κ1) is 22.1. The monoisotopic (exact) mass is 410 g/mol. The number of amides is 1. The normalized spacial score (nSPS) is 20.9. The van der Waals surface area contributed by atoms with Gasteiger partial charge in [-0.2, -0.15) is 0 Å². The molecule has 1 unspecified atom stereocenters. The second-order valence-electron chi connectivity index (χ2n) is 8.40. The van der Waals surface area contributed by atoms with Gasteiger partial charge in [-0.1, -0.05) is 32.4 Å². The third-order valence-corrected chi connectivity index (χ3v) is 5.68. The first-order valence-corrected chi connectivity index (χ1v) is 9.82. The van der Waals surface area contributed by atoms with Crippen molar-refractivity contribution in [3.05, 3.63) is 33.3 Å². The largest absolute Gasteiger partial charge is 0.452 e. The van der Waals surface area contributed by atoms with Gasteiger partial charge in [-0.3, -0.25) is 19.7 Å². The predicted octanol–water partition coefficient (Wildman–Crippen LogP) is 4.97. The summed E-state index contributed by atoms with van der Waals surface area (Å²) in [5, 5.41) is 13.3. The number of nitrogens with zero attached hydrogens (tertiary/aromatic N) is 1. The van der Waals surface area contributed by atoms with Crippen LogP contribution in [-0.2, 0) is 14.3 Å². The van der Waals surface area contributed by atoms with Crippen molar-refractivity contribution in [2.75, 3.05) is 5.32 Å². The molecule has 1 fully saturated rings. The molecule has 7 nitrogen and oxygen atoms in total. The molecule has 1 saturated carbocycles. The van der Waals surface area contributed by atoms with Crippen LogP contribution in [0.3, 0.4) is 0 Å². The number of hydrogen-bond donors (Lipinski definition) is 1. The van der Waals surface area contributed by atoms with E-state index in [-0.39, 0.29) is 33.7 Å². The molecule has 0 aliphatic heterocycles. The van der Waals surface area contributed by atoms with E-state index in [4.69, 9.17) is 16.3 Å². The number of nitro groups is 1. The Labute approximate surface area is 169 Å². The minimum atomic E-state index is -0.987. The molecule has 1 atom stereocenters. The van der Waals surface area contributed by atoms with Gasteiger partial charge in [0.1, 0.15) is 0 Å². The predicted molar refractivity (Wildman–Crippen MR) is 107 cm³/mol. The molecular formula is C20H27ClN2O5. The van der Waals surface area contributed by atoms with E-state index in [1.54, 1.807) is 0 Å². The molecule has 1 aromatic rings. The minimum Gasteiger partial charge on any atom is -0.452 e. The van der Waals surface area contributed by atoms with Crippen LogP contribution in [0.5, 0.6) is 0 Å². The van der Waals surface area contributed by atoms with Gasteiger partial charge in [0, 0.05) is 12.1 Å². The van der Waals surface area contributed by atoms with E-state index in [1.165, 1.54) is 19.1 Å². The summed E-state index contributed by atoms with van der Waals surface area (Å²) in [6, 6.07) is 3.74. The maximum atomic E-state index is 12.4. The average Bonchev–Trinajstić information content (AvgIpc) is 2.62. The molecule has 1 aliphatic rings. The van der Waals surface area contributed by atoms with Gasteiger partial charge >= 0.3 is 5.97 Å². The SMILES string of the molecule is CC(OC(=O)C1CCC(C(C)(C)C)CC1)C(=O)Nc1ccc([N+](=O)[O-])cc1Cl. The Bertz CT molecular complexity index is 751. The molecule has 0 heterocycles. The van der Waals surface area contributed by atoms with Gasteiger partial charge in [0.05, 0.1) is 21.6 Å². The number of benzene rings is 1. The molecular weight excluding hydrogens is 384 g/mol. The Morgan fingerprint density at radius 2 is 1.86 bits per heavy atom. The molecule has 0 aromatic heterocycles. The standard InChI is InChI=1S/C20H27ClN2O5/c1-12(18(24)22-17-10-9-15(23(26)27)11-16(17)21)28-19(25)13-5-7-14(8-6-13)20(2,3)4/h9-14H,5-8H2,1-4H3,(H,22,24). The number of anilines is 1. The minimum absolute atomic E-state index is 0.0431. The number of nitro benzene ring substituents is 1. The number of non-ortho nitro benzene ring substituents is 1. The number of rotatable bonds is 5. The van der Waals surface area contributed by atoms with Gasteiger partial charge in [0.15, 0.2) is 6.10 Å². The summed E-state index contributed by atoms with van der Waals surface area (Å²) in [6.45, 7) is 8.14. The Hall–Kier alpha value is -2.15. The van der Waals surface area contributed by atoms with Crippen molar-refractivity contribution >= 4 is 34.9 Å².